The van der Waals surface area contributed by atoms with Crippen molar-refractivity contribution in [3.8, 4) is 0 Å². The maximum absolute atomic E-state index is 10.4. The molecule has 0 amide bonds. The summed E-state index contributed by atoms with van der Waals surface area (Å²) in [5.41, 5.74) is 1.39. The number of carboxylic acids is 1. The SMILES string of the molecule is Cc1cc(C(O)C(=O)O)ccc1I. The van der Waals surface area contributed by atoms with Gasteiger partial charge in [0.25, 0.3) is 0 Å². The number of carboxylic acid groups (broad SMARTS) is 1. The van der Waals surface area contributed by atoms with Gasteiger partial charge in [0.15, 0.2) is 6.10 Å². The van der Waals surface area contributed by atoms with Crippen LogP contribution in [0, 0.1) is 10.5 Å². The zero-order valence-corrected chi connectivity index (χ0v) is 9.15. The van der Waals surface area contributed by atoms with Gasteiger partial charge < -0.3 is 10.2 Å². The Balaban J connectivity index is 3.03. The van der Waals surface area contributed by atoms with Crippen LogP contribution >= 0.6 is 22.6 Å². The van der Waals surface area contributed by atoms with Crippen LogP contribution in [0.25, 0.3) is 0 Å². The summed E-state index contributed by atoms with van der Waals surface area (Å²) in [5.74, 6) is -1.22. The molecule has 1 atom stereocenters. The smallest absolute Gasteiger partial charge is 0.337 e. The van der Waals surface area contributed by atoms with Crippen LogP contribution in [-0.4, -0.2) is 16.2 Å². The van der Waals surface area contributed by atoms with Gasteiger partial charge in [-0.25, -0.2) is 4.79 Å². The van der Waals surface area contributed by atoms with E-state index in [1.165, 1.54) is 0 Å². The van der Waals surface area contributed by atoms with Crippen LogP contribution in [0.1, 0.15) is 17.2 Å². The molecule has 3 nitrogen and oxygen atoms in total. The van der Waals surface area contributed by atoms with Crippen molar-refractivity contribution in [1.29, 1.82) is 0 Å². The second kappa shape index (κ2) is 4.06. The summed E-state index contributed by atoms with van der Waals surface area (Å²) in [7, 11) is 0. The van der Waals surface area contributed by atoms with Gasteiger partial charge in [0, 0.05) is 3.57 Å². The topological polar surface area (TPSA) is 57.5 Å². The molecule has 0 aliphatic heterocycles. The van der Waals surface area contributed by atoms with E-state index in [4.69, 9.17) is 5.11 Å². The molecule has 13 heavy (non-hydrogen) atoms. The van der Waals surface area contributed by atoms with E-state index < -0.39 is 12.1 Å². The zero-order chi connectivity index (χ0) is 10.0. The molecular weight excluding hydrogens is 283 g/mol. The molecule has 0 bridgehead atoms. The summed E-state index contributed by atoms with van der Waals surface area (Å²) < 4.78 is 1.05. The minimum atomic E-state index is -1.42. The number of hydrogen-bond donors (Lipinski definition) is 2. The molecule has 2 N–H and O–H groups in total. The summed E-state index contributed by atoms with van der Waals surface area (Å²) in [6.45, 7) is 1.87. The molecule has 0 radical (unpaired) electrons. The van der Waals surface area contributed by atoms with Gasteiger partial charge in [-0.3, -0.25) is 0 Å². The second-order valence-electron chi connectivity index (χ2n) is 2.75. The first-order valence-electron chi connectivity index (χ1n) is 3.69. The first kappa shape index (κ1) is 10.5. The van der Waals surface area contributed by atoms with Crippen LogP contribution < -0.4 is 0 Å². The highest BCUT2D eigenvalue weighted by molar-refractivity contribution is 14.1. The summed E-state index contributed by atoms with van der Waals surface area (Å²) >= 11 is 2.15. The number of aliphatic hydroxyl groups excluding tert-OH is 1. The van der Waals surface area contributed by atoms with E-state index in [2.05, 4.69) is 22.6 Å². The van der Waals surface area contributed by atoms with E-state index in [1.54, 1.807) is 18.2 Å². The highest BCUT2D eigenvalue weighted by Crippen LogP contribution is 2.18. The van der Waals surface area contributed by atoms with Crippen LogP contribution in [0.2, 0.25) is 0 Å². The molecule has 1 aromatic carbocycles. The van der Waals surface area contributed by atoms with Crippen LogP contribution in [0.15, 0.2) is 18.2 Å². The number of aryl methyl sites for hydroxylation is 1. The molecule has 0 aromatic heterocycles. The van der Waals surface area contributed by atoms with Crippen molar-refractivity contribution in [2.75, 3.05) is 0 Å². The normalized spacial score (nSPS) is 12.5. The molecular formula is C9H9IO3. The lowest BCUT2D eigenvalue weighted by molar-refractivity contribution is -0.146. The van der Waals surface area contributed by atoms with E-state index in [0.29, 0.717) is 5.56 Å². The molecule has 0 heterocycles. The van der Waals surface area contributed by atoms with Crippen molar-refractivity contribution in [1.82, 2.24) is 0 Å². The van der Waals surface area contributed by atoms with Crippen LogP contribution in [-0.2, 0) is 4.79 Å². The highest BCUT2D eigenvalue weighted by atomic mass is 127. The molecule has 0 aliphatic carbocycles. The Labute approximate surface area is 89.5 Å². The van der Waals surface area contributed by atoms with Crippen molar-refractivity contribution in [3.63, 3.8) is 0 Å². The fraction of sp³-hybridized carbons (Fsp3) is 0.222. The number of carbonyl (C=O) groups is 1. The van der Waals surface area contributed by atoms with Gasteiger partial charge in [-0.05, 0) is 46.7 Å². The van der Waals surface area contributed by atoms with Crippen molar-refractivity contribution < 1.29 is 15.0 Å². The monoisotopic (exact) mass is 292 g/mol. The lowest BCUT2D eigenvalue weighted by Crippen LogP contribution is -2.10. The second-order valence-corrected chi connectivity index (χ2v) is 3.91. The number of halogens is 1. The molecule has 1 rings (SSSR count). The third-order valence-corrected chi connectivity index (χ3v) is 2.94. The Morgan fingerprint density at radius 1 is 1.54 bits per heavy atom. The summed E-state index contributed by atoms with van der Waals surface area (Å²) in [5, 5.41) is 17.8. The number of rotatable bonds is 2. The predicted molar refractivity (Wildman–Crippen MR) is 56.5 cm³/mol. The van der Waals surface area contributed by atoms with Crippen LogP contribution in [0.5, 0.6) is 0 Å². The van der Waals surface area contributed by atoms with Gasteiger partial charge in [-0.15, -0.1) is 0 Å². The van der Waals surface area contributed by atoms with Gasteiger partial charge in [0.2, 0.25) is 0 Å². The molecule has 0 saturated carbocycles. The molecule has 0 saturated heterocycles. The van der Waals surface area contributed by atoms with Gasteiger partial charge in [-0.2, -0.15) is 0 Å². The predicted octanol–water partition coefficient (Wildman–Crippen LogP) is 1.72. The van der Waals surface area contributed by atoms with Gasteiger partial charge >= 0.3 is 5.97 Å². The lowest BCUT2D eigenvalue weighted by Gasteiger charge is -2.07. The number of aliphatic hydroxyl groups is 1. The number of benzene rings is 1. The molecule has 1 aromatic rings. The maximum atomic E-state index is 10.4. The average molecular weight is 292 g/mol. The maximum Gasteiger partial charge on any atom is 0.337 e. The zero-order valence-electron chi connectivity index (χ0n) is 6.99. The standard InChI is InChI=1S/C9H9IO3/c1-5-4-6(2-3-7(5)10)8(11)9(12)13/h2-4,8,11H,1H3,(H,12,13). The van der Waals surface area contributed by atoms with Crippen molar-refractivity contribution in [3.05, 3.63) is 32.9 Å². The number of aliphatic carboxylic acids is 1. The molecule has 0 aliphatic rings. The third kappa shape index (κ3) is 2.41. The van der Waals surface area contributed by atoms with Gasteiger partial charge in [0.05, 0.1) is 0 Å². The Morgan fingerprint density at radius 3 is 2.62 bits per heavy atom. The van der Waals surface area contributed by atoms with E-state index in [9.17, 15) is 9.90 Å². The van der Waals surface area contributed by atoms with E-state index in [0.717, 1.165) is 9.13 Å². The fourth-order valence-electron chi connectivity index (χ4n) is 0.981. The third-order valence-electron chi connectivity index (χ3n) is 1.73. The molecule has 70 valence electrons. The van der Waals surface area contributed by atoms with E-state index in [-0.39, 0.29) is 0 Å². The quantitative estimate of drug-likeness (QED) is 0.816. The first-order valence-corrected chi connectivity index (χ1v) is 4.77. The number of hydrogen-bond acceptors (Lipinski definition) is 2. The molecule has 0 spiro atoms. The summed E-state index contributed by atoms with van der Waals surface area (Å²) in [4.78, 5) is 10.4. The Hall–Kier alpha value is -0.620. The molecule has 1 unspecified atom stereocenters. The fourth-order valence-corrected chi connectivity index (χ4v) is 1.32. The minimum absolute atomic E-state index is 0.422. The molecule has 0 fully saturated rings. The van der Waals surface area contributed by atoms with Crippen molar-refractivity contribution in [2.24, 2.45) is 0 Å². The highest BCUT2D eigenvalue weighted by Gasteiger charge is 2.15. The van der Waals surface area contributed by atoms with Crippen LogP contribution in [0.3, 0.4) is 0 Å². The van der Waals surface area contributed by atoms with Gasteiger partial charge in [0.1, 0.15) is 0 Å². The van der Waals surface area contributed by atoms with Crippen molar-refractivity contribution >= 4 is 28.6 Å². The molecule has 4 heteroatoms. The Morgan fingerprint density at radius 2 is 2.15 bits per heavy atom. The summed E-state index contributed by atoms with van der Waals surface area (Å²) in [6.07, 6.45) is -1.42. The summed E-state index contributed by atoms with van der Waals surface area (Å²) in [6, 6.07) is 5.09. The minimum Gasteiger partial charge on any atom is -0.479 e. The van der Waals surface area contributed by atoms with Crippen LogP contribution in [0.4, 0.5) is 0 Å². The van der Waals surface area contributed by atoms with E-state index >= 15 is 0 Å². The average Bonchev–Trinajstić information content (AvgIpc) is 2.08. The van der Waals surface area contributed by atoms with Gasteiger partial charge in [-0.1, -0.05) is 12.1 Å². The lowest BCUT2D eigenvalue weighted by atomic mass is 10.1. The Bertz CT molecular complexity index is 336. The Kier molecular flexibility index (Phi) is 3.27. The van der Waals surface area contributed by atoms with E-state index in [1.807, 2.05) is 6.92 Å². The largest absolute Gasteiger partial charge is 0.479 e. The van der Waals surface area contributed by atoms with Crippen molar-refractivity contribution in [2.45, 2.75) is 13.0 Å². The first-order chi connectivity index (χ1) is 6.02.